The van der Waals surface area contributed by atoms with Crippen LogP contribution in [0.15, 0.2) is 29.1 Å². The Balaban J connectivity index is 1.66. The molecule has 148 valence electrons. The van der Waals surface area contributed by atoms with Gasteiger partial charge in [-0.25, -0.2) is 4.98 Å². The van der Waals surface area contributed by atoms with Crippen LogP contribution in [-0.4, -0.2) is 28.9 Å². The molecule has 0 spiro atoms. The van der Waals surface area contributed by atoms with Gasteiger partial charge in [-0.15, -0.1) is 0 Å². The normalized spacial score (nSPS) is 11.0. The highest BCUT2D eigenvalue weighted by molar-refractivity contribution is 7.13. The molecule has 0 atom stereocenters. The highest BCUT2D eigenvalue weighted by Gasteiger charge is 2.14. The van der Waals surface area contributed by atoms with Crippen molar-refractivity contribution >= 4 is 27.5 Å². The first-order valence-corrected chi connectivity index (χ1v) is 9.91. The fourth-order valence-corrected chi connectivity index (χ4v) is 4.41. The smallest absolute Gasteiger partial charge is 0.270 e. The van der Waals surface area contributed by atoms with Gasteiger partial charge in [0.1, 0.15) is 16.3 Å². The standard InChI is InChI=1S/C21H24N2O4S/c1-13-10-14(2)22-20-19(13)21(25)23(28-20)12-16(24)7-5-6-15-11-17(26-3)8-9-18(15)27-4/h8-11H,5-7,12H2,1-4H3. The van der Waals surface area contributed by atoms with Gasteiger partial charge in [-0.2, -0.15) is 0 Å². The summed E-state index contributed by atoms with van der Waals surface area (Å²) in [5.74, 6) is 1.58. The molecule has 7 heteroatoms. The molecule has 0 aliphatic heterocycles. The number of Topliss-reactive ketones (excluding diaryl/α,β-unsaturated/α-hetero) is 1. The Morgan fingerprint density at radius 3 is 2.68 bits per heavy atom. The lowest BCUT2D eigenvalue weighted by Gasteiger charge is -2.10. The number of hydrogen-bond acceptors (Lipinski definition) is 6. The fraction of sp³-hybridized carbons (Fsp3) is 0.381. The number of benzene rings is 1. The van der Waals surface area contributed by atoms with Crippen molar-refractivity contribution < 1.29 is 14.3 Å². The van der Waals surface area contributed by atoms with Gasteiger partial charge in [-0.1, -0.05) is 0 Å². The van der Waals surface area contributed by atoms with E-state index in [2.05, 4.69) is 4.98 Å². The summed E-state index contributed by atoms with van der Waals surface area (Å²) in [5, 5.41) is 0.615. The van der Waals surface area contributed by atoms with Gasteiger partial charge in [0.2, 0.25) is 0 Å². The molecule has 0 fully saturated rings. The average Bonchev–Trinajstić information content (AvgIpc) is 2.96. The van der Waals surface area contributed by atoms with Crippen LogP contribution in [-0.2, 0) is 17.8 Å². The lowest BCUT2D eigenvalue weighted by atomic mass is 10.1. The molecular formula is C21H24N2O4S. The molecule has 0 saturated heterocycles. The Kier molecular flexibility index (Phi) is 6.14. The van der Waals surface area contributed by atoms with E-state index in [9.17, 15) is 9.59 Å². The molecule has 6 nitrogen and oxygen atoms in total. The van der Waals surface area contributed by atoms with E-state index >= 15 is 0 Å². The van der Waals surface area contributed by atoms with E-state index in [-0.39, 0.29) is 17.9 Å². The molecule has 1 aromatic carbocycles. The molecular weight excluding hydrogens is 376 g/mol. The number of hydrogen-bond donors (Lipinski definition) is 0. The van der Waals surface area contributed by atoms with Crippen LogP contribution < -0.4 is 15.0 Å². The third kappa shape index (κ3) is 4.25. The number of nitrogens with zero attached hydrogens (tertiary/aromatic N) is 2. The van der Waals surface area contributed by atoms with E-state index < -0.39 is 0 Å². The van der Waals surface area contributed by atoms with Crippen LogP contribution in [0.1, 0.15) is 29.7 Å². The topological polar surface area (TPSA) is 70.4 Å². The summed E-state index contributed by atoms with van der Waals surface area (Å²) in [7, 11) is 3.25. The van der Waals surface area contributed by atoms with Gasteiger partial charge >= 0.3 is 0 Å². The lowest BCUT2D eigenvalue weighted by Crippen LogP contribution is -2.19. The molecule has 2 heterocycles. The zero-order valence-electron chi connectivity index (χ0n) is 16.6. The number of fused-ring (bicyclic) bond motifs is 1. The first kappa shape index (κ1) is 20.1. The van der Waals surface area contributed by atoms with Crippen LogP contribution in [0.25, 0.3) is 10.2 Å². The number of pyridine rings is 1. The molecule has 0 amide bonds. The monoisotopic (exact) mass is 400 g/mol. The van der Waals surface area contributed by atoms with Crippen molar-refractivity contribution in [3.63, 3.8) is 0 Å². The maximum atomic E-state index is 12.6. The summed E-state index contributed by atoms with van der Waals surface area (Å²) in [6, 6.07) is 7.53. The molecule has 3 aromatic rings. The zero-order chi connectivity index (χ0) is 20.3. The van der Waals surface area contributed by atoms with Crippen LogP contribution in [0.5, 0.6) is 11.5 Å². The highest BCUT2D eigenvalue weighted by Crippen LogP contribution is 2.25. The van der Waals surface area contributed by atoms with Gasteiger partial charge in [0, 0.05) is 12.1 Å². The average molecular weight is 401 g/mol. The highest BCUT2D eigenvalue weighted by atomic mass is 32.1. The minimum Gasteiger partial charge on any atom is -0.497 e. The third-order valence-corrected chi connectivity index (χ3v) is 5.64. The number of carbonyl (C=O) groups excluding carboxylic acids is 1. The zero-order valence-corrected chi connectivity index (χ0v) is 17.4. The summed E-state index contributed by atoms with van der Waals surface area (Å²) in [5.41, 5.74) is 2.65. The van der Waals surface area contributed by atoms with Crippen molar-refractivity contribution in [1.29, 1.82) is 0 Å². The van der Waals surface area contributed by atoms with Crippen LogP contribution in [0.4, 0.5) is 0 Å². The van der Waals surface area contributed by atoms with Crippen molar-refractivity contribution in [3.8, 4) is 11.5 Å². The summed E-state index contributed by atoms with van der Waals surface area (Å²) in [6.45, 7) is 3.89. The molecule has 2 aromatic heterocycles. The van der Waals surface area contributed by atoms with Crippen molar-refractivity contribution in [2.75, 3.05) is 14.2 Å². The van der Waals surface area contributed by atoms with Crippen LogP contribution in [0.3, 0.4) is 0 Å². The van der Waals surface area contributed by atoms with E-state index in [0.717, 1.165) is 28.3 Å². The van der Waals surface area contributed by atoms with E-state index in [1.165, 1.54) is 15.5 Å². The second-order valence-electron chi connectivity index (χ2n) is 6.76. The number of ketones is 1. The number of carbonyl (C=O) groups is 1. The maximum Gasteiger partial charge on any atom is 0.270 e. The summed E-state index contributed by atoms with van der Waals surface area (Å²) < 4.78 is 12.1. The van der Waals surface area contributed by atoms with Gasteiger partial charge in [-0.3, -0.25) is 13.5 Å². The van der Waals surface area contributed by atoms with E-state index in [1.54, 1.807) is 14.2 Å². The molecule has 0 aliphatic rings. The van der Waals surface area contributed by atoms with Crippen LogP contribution >= 0.6 is 11.5 Å². The fourth-order valence-electron chi connectivity index (χ4n) is 3.30. The lowest BCUT2D eigenvalue weighted by molar-refractivity contribution is -0.119. The predicted molar refractivity (Wildman–Crippen MR) is 111 cm³/mol. The Labute approximate surface area is 167 Å². The van der Waals surface area contributed by atoms with E-state index in [1.807, 2.05) is 38.1 Å². The van der Waals surface area contributed by atoms with Gasteiger partial charge < -0.3 is 9.47 Å². The predicted octanol–water partition coefficient (Wildman–Crippen LogP) is 3.68. The van der Waals surface area contributed by atoms with Crippen molar-refractivity contribution in [1.82, 2.24) is 8.94 Å². The Morgan fingerprint density at radius 1 is 1.18 bits per heavy atom. The minimum atomic E-state index is -0.132. The van der Waals surface area contributed by atoms with Gasteiger partial charge in [0.05, 0.1) is 26.2 Å². The first-order chi connectivity index (χ1) is 13.4. The van der Waals surface area contributed by atoms with E-state index in [0.29, 0.717) is 29.5 Å². The van der Waals surface area contributed by atoms with Crippen LogP contribution in [0.2, 0.25) is 0 Å². The molecule has 28 heavy (non-hydrogen) atoms. The summed E-state index contributed by atoms with van der Waals surface area (Å²) in [6.07, 6.45) is 1.78. The second kappa shape index (κ2) is 8.56. The molecule has 3 rings (SSSR count). The number of rotatable bonds is 8. The molecule has 0 bridgehead atoms. The molecule has 0 saturated carbocycles. The second-order valence-corrected chi connectivity index (χ2v) is 7.77. The number of aryl methyl sites for hydroxylation is 3. The molecule has 0 aliphatic carbocycles. The van der Waals surface area contributed by atoms with Gasteiger partial charge in [0.15, 0.2) is 5.78 Å². The largest absolute Gasteiger partial charge is 0.497 e. The van der Waals surface area contributed by atoms with Gasteiger partial charge in [-0.05, 0) is 73.6 Å². The Bertz CT molecular complexity index is 1070. The molecule has 0 N–H and O–H groups in total. The van der Waals surface area contributed by atoms with E-state index in [4.69, 9.17) is 9.47 Å². The third-order valence-electron chi connectivity index (χ3n) is 4.66. The number of ether oxygens (including phenoxy) is 2. The molecule has 0 unspecified atom stereocenters. The Hall–Kier alpha value is -2.67. The maximum absolute atomic E-state index is 12.6. The van der Waals surface area contributed by atoms with Crippen LogP contribution in [0, 0.1) is 13.8 Å². The van der Waals surface area contributed by atoms with Crippen molar-refractivity contribution in [2.45, 2.75) is 39.7 Å². The Morgan fingerprint density at radius 2 is 1.96 bits per heavy atom. The summed E-state index contributed by atoms with van der Waals surface area (Å²) in [4.78, 5) is 30.1. The summed E-state index contributed by atoms with van der Waals surface area (Å²) >= 11 is 1.26. The first-order valence-electron chi connectivity index (χ1n) is 9.13. The quantitative estimate of drug-likeness (QED) is 0.577. The van der Waals surface area contributed by atoms with Crippen molar-refractivity contribution in [3.05, 3.63) is 51.4 Å². The number of methoxy groups -OCH3 is 2. The minimum absolute atomic E-state index is 0.0323. The number of aromatic nitrogens is 2. The molecule has 0 radical (unpaired) electrons. The van der Waals surface area contributed by atoms with Crippen molar-refractivity contribution in [2.24, 2.45) is 0 Å². The SMILES string of the molecule is COc1ccc(OC)c(CCCC(=O)Cn2sc3nc(C)cc(C)c3c2=O)c1. The van der Waals surface area contributed by atoms with Gasteiger partial charge in [0.25, 0.3) is 5.56 Å².